The predicted molar refractivity (Wildman–Crippen MR) is 105 cm³/mol. The van der Waals surface area contributed by atoms with Gasteiger partial charge in [0.25, 0.3) is 0 Å². The van der Waals surface area contributed by atoms with E-state index in [4.69, 9.17) is 27.8 Å². The fraction of sp³-hybridized carbons (Fsp3) is 1.00. The molecule has 0 N–H and O–H groups in total. The second-order valence-electron chi connectivity index (χ2n) is 8.55. The minimum atomic E-state index is -1.64. The van der Waals surface area contributed by atoms with Crippen LogP contribution in [0.5, 0.6) is 0 Å². The quantitative estimate of drug-likeness (QED) is 0.569. The van der Waals surface area contributed by atoms with Crippen molar-refractivity contribution < 1.29 is 27.8 Å². The molecule has 3 fully saturated rings. The molecule has 0 saturated carbocycles. The van der Waals surface area contributed by atoms with Gasteiger partial charge in [-0.15, -0.1) is 0 Å². The lowest BCUT2D eigenvalue weighted by Gasteiger charge is -2.39. The van der Waals surface area contributed by atoms with Crippen molar-refractivity contribution >= 4 is 22.6 Å². The van der Waals surface area contributed by atoms with Crippen LogP contribution in [0, 0.1) is 0 Å². The fourth-order valence-electron chi connectivity index (χ4n) is 3.67. The van der Waals surface area contributed by atoms with E-state index in [1.165, 1.54) is 0 Å². The Morgan fingerprint density at radius 2 is 1.38 bits per heavy atom. The van der Waals surface area contributed by atoms with Gasteiger partial charge in [-0.2, -0.15) is 0 Å². The van der Waals surface area contributed by atoms with E-state index in [-0.39, 0.29) is 44.9 Å². The molecule has 0 spiro atoms. The van der Waals surface area contributed by atoms with E-state index in [0.29, 0.717) is 6.61 Å². The fourth-order valence-corrected chi connectivity index (χ4v) is 4.34. The summed E-state index contributed by atoms with van der Waals surface area (Å²) >= 11 is 0. The maximum Gasteiger partial charge on any atom is 0.459 e. The van der Waals surface area contributed by atoms with Gasteiger partial charge in [0.15, 0.2) is 14.6 Å². The van der Waals surface area contributed by atoms with Crippen molar-refractivity contribution in [2.24, 2.45) is 0 Å². The highest BCUT2D eigenvalue weighted by Crippen LogP contribution is 2.39. The van der Waals surface area contributed by atoms with Crippen LogP contribution in [-0.2, 0) is 27.8 Å². The summed E-state index contributed by atoms with van der Waals surface area (Å²) in [7, 11) is -2.02. The molecule has 0 bridgehead atoms. The summed E-state index contributed by atoms with van der Waals surface area (Å²) in [6.07, 6.45) is 5.15. The lowest BCUT2D eigenvalue weighted by molar-refractivity contribution is -0.221. The Labute approximate surface area is 160 Å². The van der Waals surface area contributed by atoms with E-state index in [9.17, 15) is 0 Å². The maximum atomic E-state index is 6.24. The Morgan fingerprint density at radius 1 is 0.808 bits per heavy atom. The molecule has 3 saturated heterocycles. The van der Waals surface area contributed by atoms with E-state index in [0.717, 1.165) is 38.3 Å². The van der Waals surface area contributed by atoms with Crippen molar-refractivity contribution in [3.8, 4) is 0 Å². The van der Waals surface area contributed by atoms with Gasteiger partial charge in [0.2, 0.25) is 0 Å². The Kier molecular flexibility index (Phi) is 7.27. The van der Waals surface area contributed by atoms with Crippen molar-refractivity contribution in [3.63, 3.8) is 0 Å². The zero-order valence-electron chi connectivity index (χ0n) is 16.9. The van der Waals surface area contributed by atoms with E-state index >= 15 is 0 Å². The van der Waals surface area contributed by atoms with E-state index in [1.54, 1.807) is 0 Å². The molecule has 3 rings (SSSR count). The minimum absolute atomic E-state index is 0.141. The highest BCUT2D eigenvalue weighted by Gasteiger charge is 2.58. The van der Waals surface area contributed by atoms with Crippen LogP contribution in [0.1, 0.15) is 39.5 Å². The summed E-state index contributed by atoms with van der Waals surface area (Å²) in [4.78, 5) is 0. The van der Waals surface area contributed by atoms with E-state index in [2.05, 4.69) is 33.5 Å². The smallest absolute Gasteiger partial charge is 0.415 e. The van der Waals surface area contributed by atoms with Crippen LogP contribution in [0.3, 0.4) is 0 Å². The summed E-state index contributed by atoms with van der Waals surface area (Å²) in [6, 6.07) is 0. The molecule has 3 aliphatic rings. The van der Waals surface area contributed by atoms with Gasteiger partial charge in [-0.25, -0.2) is 0 Å². The third-order valence-corrected chi connectivity index (χ3v) is 6.10. The van der Waals surface area contributed by atoms with Gasteiger partial charge in [-0.1, -0.05) is 39.5 Å². The lowest BCUT2D eigenvalue weighted by Crippen LogP contribution is -2.56. The standard InChI is InChI=1S/C17H34B2O6Si/c1-6-8-10-18-22-14-13(12-20-26(3,4)5)21-17-16(15(14)23-18)24-19(25-17)11-9-7-2/h13-17H,6-12H2,1-5H3. The number of hydrogen-bond acceptors (Lipinski definition) is 6. The van der Waals surface area contributed by atoms with Gasteiger partial charge in [0.1, 0.15) is 12.2 Å². The van der Waals surface area contributed by atoms with Gasteiger partial charge in [-0.05, 0) is 32.3 Å². The molecule has 5 atom stereocenters. The Hall–Kier alpha value is 0.107. The average Bonchev–Trinajstić information content (AvgIpc) is 3.18. The zero-order valence-corrected chi connectivity index (χ0v) is 17.9. The Balaban J connectivity index is 1.66. The monoisotopic (exact) mass is 384 g/mol. The molecule has 0 aromatic heterocycles. The van der Waals surface area contributed by atoms with Crippen LogP contribution in [0.2, 0.25) is 32.3 Å². The molecule has 9 heteroatoms. The molecule has 3 aliphatic heterocycles. The number of fused-ring (bicyclic) bond motifs is 3. The number of hydrogen-bond donors (Lipinski definition) is 0. The molecule has 0 aliphatic carbocycles. The molecular weight excluding hydrogens is 350 g/mol. The van der Waals surface area contributed by atoms with Crippen LogP contribution < -0.4 is 0 Å². The largest absolute Gasteiger partial charge is 0.459 e. The molecule has 6 nitrogen and oxygen atoms in total. The third-order valence-electron chi connectivity index (χ3n) is 5.07. The first-order valence-electron chi connectivity index (χ1n) is 10.3. The Morgan fingerprint density at radius 3 is 2.00 bits per heavy atom. The van der Waals surface area contributed by atoms with Crippen molar-refractivity contribution in [3.05, 3.63) is 0 Å². The molecule has 5 unspecified atom stereocenters. The third kappa shape index (κ3) is 5.13. The average molecular weight is 384 g/mol. The van der Waals surface area contributed by atoms with Gasteiger partial charge < -0.3 is 27.8 Å². The van der Waals surface area contributed by atoms with E-state index < -0.39 is 8.32 Å². The van der Waals surface area contributed by atoms with Gasteiger partial charge in [-0.3, -0.25) is 0 Å². The summed E-state index contributed by atoms with van der Waals surface area (Å²) in [6.45, 7) is 11.4. The summed E-state index contributed by atoms with van der Waals surface area (Å²) in [5, 5.41) is 0. The van der Waals surface area contributed by atoms with E-state index in [1.807, 2.05) is 0 Å². The van der Waals surface area contributed by atoms with Gasteiger partial charge in [0, 0.05) is 0 Å². The molecule has 0 aromatic rings. The maximum absolute atomic E-state index is 6.24. The molecule has 0 amide bonds. The highest BCUT2D eigenvalue weighted by molar-refractivity contribution is 6.69. The van der Waals surface area contributed by atoms with Crippen molar-refractivity contribution in [2.45, 2.75) is 103 Å². The van der Waals surface area contributed by atoms with Crippen LogP contribution in [0.15, 0.2) is 0 Å². The van der Waals surface area contributed by atoms with Gasteiger partial charge in [0.05, 0.1) is 18.8 Å². The second kappa shape index (κ2) is 9.07. The molecule has 0 radical (unpaired) electrons. The lowest BCUT2D eigenvalue weighted by atomic mass is 9.82. The predicted octanol–water partition coefficient (Wildman–Crippen LogP) is 3.34. The molecular formula is C17H34B2O6Si. The van der Waals surface area contributed by atoms with Crippen LogP contribution in [0.4, 0.5) is 0 Å². The van der Waals surface area contributed by atoms with Crippen molar-refractivity contribution in [1.29, 1.82) is 0 Å². The highest BCUT2D eigenvalue weighted by atomic mass is 28.4. The number of rotatable bonds is 9. The Bertz CT molecular complexity index is 451. The van der Waals surface area contributed by atoms with Crippen molar-refractivity contribution in [2.75, 3.05) is 6.61 Å². The first-order valence-corrected chi connectivity index (χ1v) is 13.7. The van der Waals surface area contributed by atoms with Crippen LogP contribution in [-0.4, -0.2) is 59.9 Å². The number of ether oxygens (including phenoxy) is 1. The normalized spacial score (nSPS) is 34.3. The second-order valence-corrected chi connectivity index (χ2v) is 13.1. The topological polar surface area (TPSA) is 55.4 Å². The SMILES string of the molecule is CCCCB1OC2OC(CO[Si](C)(C)C)C3OB(CCCC)OC3C2O1. The molecule has 26 heavy (non-hydrogen) atoms. The summed E-state index contributed by atoms with van der Waals surface area (Å²) in [5.41, 5.74) is 0. The molecule has 3 heterocycles. The zero-order chi connectivity index (χ0) is 18.7. The number of unbranched alkanes of at least 4 members (excludes halogenated alkanes) is 2. The van der Waals surface area contributed by atoms with Crippen molar-refractivity contribution in [1.82, 2.24) is 0 Å². The first-order chi connectivity index (χ1) is 12.4. The van der Waals surface area contributed by atoms with Gasteiger partial charge >= 0.3 is 14.2 Å². The first kappa shape index (κ1) is 20.8. The summed E-state index contributed by atoms with van der Waals surface area (Å²) in [5.74, 6) is 0. The minimum Gasteiger partial charge on any atom is -0.415 e. The summed E-state index contributed by atoms with van der Waals surface area (Å²) < 4.78 is 37.0. The van der Waals surface area contributed by atoms with Crippen LogP contribution >= 0.6 is 0 Å². The molecule has 0 aromatic carbocycles. The van der Waals surface area contributed by atoms with Crippen LogP contribution in [0.25, 0.3) is 0 Å². The molecule has 148 valence electrons.